The summed E-state index contributed by atoms with van der Waals surface area (Å²) in [4.78, 5) is 9.05. The second-order valence-corrected chi connectivity index (χ2v) is 6.78. The molecule has 2 aromatic rings. The monoisotopic (exact) mass is 301 g/mol. The molecule has 112 valence electrons. The van der Waals surface area contributed by atoms with E-state index in [0.29, 0.717) is 6.04 Å². The van der Waals surface area contributed by atoms with E-state index in [1.54, 1.807) is 11.3 Å². The number of hydrogen-bond donors (Lipinski definition) is 1. The average Bonchev–Trinajstić information content (AvgIpc) is 3.03. The molecule has 1 atom stereocenters. The van der Waals surface area contributed by atoms with Gasteiger partial charge in [-0.3, -0.25) is 4.98 Å². The Labute approximate surface area is 130 Å². The van der Waals surface area contributed by atoms with Crippen LogP contribution in [-0.2, 0) is 6.54 Å². The van der Waals surface area contributed by atoms with Crippen molar-refractivity contribution >= 4 is 11.3 Å². The molecule has 0 spiro atoms. The summed E-state index contributed by atoms with van der Waals surface area (Å²) in [6.07, 6.45) is 8.80. The molecular weight excluding hydrogens is 278 g/mol. The third kappa shape index (κ3) is 3.89. The third-order valence-corrected chi connectivity index (χ3v) is 5.31. The Morgan fingerprint density at radius 2 is 2.14 bits per heavy atom. The van der Waals surface area contributed by atoms with Gasteiger partial charge in [0, 0.05) is 24.2 Å². The highest BCUT2D eigenvalue weighted by Gasteiger charge is 2.19. The van der Waals surface area contributed by atoms with Gasteiger partial charge in [-0.1, -0.05) is 25.3 Å². The normalized spacial score (nSPS) is 17.8. The quantitative estimate of drug-likeness (QED) is 0.896. The highest BCUT2D eigenvalue weighted by Crippen LogP contribution is 2.27. The Kier molecular flexibility index (Phi) is 4.99. The Morgan fingerprint density at radius 3 is 2.90 bits per heavy atom. The summed E-state index contributed by atoms with van der Waals surface area (Å²) in [5, 5.41) is 6.81. The van der Waals surface area contributed by atoms with Crippen molar-refractivity contribution < 1.29 is 0 Å². The largest absolute Gasteiger partial charge is 0.308 e. The smallest absolute Gasteiger partial charge is 0.142 e. The fourth-order valence-electron chi connectivity index (χ4n) is 3.06. The molecule has 3 nitrogen and oxygen atoms in total. The topological polar surface area (TPSA) is 37.8 Å². The van der Waals surface area contributed by atoms with Crippen molar-refractivity contribution in [2.24, 2.45) is 5.92 Å². The first-order chi connectivity index (χ1) is 10.3. The SMILES string of the molecule is C[C@@H](NCc1csc(-c2ccccn2)n1)C1CCCCC1. The van der Waals surface area contributed by atoms with E-state index in [4.69, 9.17) is 4.98 Å². The van der Waals surface area contributed by atoms with Gasteiger partial charge in [-0.05, 0) is 37.8 Å². The van der Waals surface area contributed by atoms with Crippen LogP contribution in [0.5, 0.6) is 0 Å². The van der Waals surface area contributed by atoms with Gasteiger partial charge in [-0.25, -0.2) is 4.98 Å². The van der Waals surface area contributed by atoms with Crippen molar-refractivity contribution in [2.45, 2.75) is 51.6 Å². The molecule has 1 N–H and O–H groups in total. The predicted molar refractivity (Wildman–Crippen MR) is 88.2 cm³/mol. The molecule has 21 heavy (non-hydrogen) atoms. The number of hydrogen-bond acceptors (Lipinski definition) is 4. The maximum Gasteiger partial charge on any atom is 0.142 e. The fraction of sp³-hybridized carbons (Fsp3) is 0.529. The standard InChI is InChI=1S/C17H23N3S/c1-13(14-7-3-2-4-8-14)19-11-15-12-21-17(20-15)16-9-5-6-10-18-16/h5-6,9-10,12-14,19H,2-4,7-8,11H2,1H3/t13-/m1/s1. The van der Waals surface area contributed by atoms with E-state index in [-0.39, 0.29) is 0 Å². The number of nitrogens with one attached hydrogen (secondary N) is 1. The van der Waals surface area contributed by atoms with Crippen molar-refractivity contribution in [3.05, 3.63) is 35.5 Å². The molecule has 2 aromatic heterocycles. The van der Waals surface area contributed by atoms with E-state index in [0.717, 1.165) is 28.9 Å². The third-order valence-electron chi connectivity index (χ3n) is 4.40. The second kappa shape index (κ2) is 7.14. The Hall–Kier alpha value is -1.26. The van der Waals surface area contributed by atoms with Gasteiger partial charge >= 0.3 is 0 Å². The van der Waals surface area contributed by atoms with Gasteiger partial charge in [0.25, 0.3) is 0 Å². The van der Waals surface area contributed by atoms with E-state index in [2.05, 4.69) is 22.6 Å². The van der Waals surface area contributed by atoms with Crippen LogP contribution in [0.4, 0.5) is 0 Å². The summed E-state index contributed by atoms with van der Waals surface area (Å²) >= 11 is 1.68. The molecule has 0 radical (unpaired) electrons. The molecule has 1 aliphatic rings. The molecule has 0 bridgehead atoms. The second-order valence-electron chi connectivity index (χ2n) is 5.93. The molecule has 1 fully saturated rings. The summed E-state index contributed by atoms with van der Waals surface area (Å²) in [6, 6.07) is 6.55. The van der Waals surface area contributed by atoms with Gasteiger partial charge in [0.2, 0.25) is 0 Å². The number of nitrogens with zero attached hydrogens (tertiary/aromatic N) is 2. The molecule has 0 aliphatic heterocycles. The molecule has 0 aromatic carbocycles. The Balaban J connectivity index is 1.55. The van der Waals surface area contributed by atoms with Gasteiger partial charge in [0.15, 0.2) is 0 Å². The summed E-state index contributed by atoms with van der Waals surface area (Å²) in [5.74, 6) is 0.840. The van der Waals surface area contributed by atoms with Crippen LogP contribution < -0.4 is 5.32 Å². The molecule has 4 heteroatoms. The number of aromatic nitrogens is 2. The van der Waals surface area contributed by atoms with Crippen LogP contribution >= 0.6 is 11.3 Å². The van der Waals surface area contributed by atoms with Crippen LogP contribution in [0.25, 0.3) is 10.7 Å². The fourth-order valence-corrected chi connectivity index (χ4v) is 3.86. The first kappa shape index (κ1) is 14.7. The van der Waals surface area contributed by atoms with Gasteiger partial charge in [-0.15, -0.1) is 11.3 Å². The number of rotatable bonds is 5. The Bertz CT molecular complexity index is 546. The molecule has 1 aliphatic carbocycles. The minimum atomic E-state index is 0.588. The zero-order valence-corrected chi connectivity index (χ0v) is 13.4. The summed E-state index contributed by atoms with van der Waals surface area (Å²) in [6.45, 7) is 3.18. The first-order valence-corrected chi connectivity index (χ1v) is 8.80. The van der Waals surface area contributed by atoms with Crippen molar-refractivity contribution in [3.63, 3.8) is 0 Å². The van der Waals surface area contributed by atoms with Crippen LogP contribution in [-0.4, -0.2) is 16.0 Å². The summed E-state index contributed by atoms with van der Waals surface area (Å²) < 4.78 is 0. The zero-order valence-electron chi connectivity index (χ0n) is 12.6. The van der Waals surface area contributed by atoms with Crippen LogP contribution in [0, 0.1) is 5.92 Å². The lowest BCUT2D eigenvalue weighted by Gasteiger charge is -2.28. The molecule has 0 amide bonds. The summed E-state index contributed by atoms with van der Waals surface area (Å²) in [7, 11) is 0. The van der Waals surface area contributed by atoms with Gasteiger partial charge in [-0.2, -0.15) is 0 Å². The minimum Gasteiger partial charge on any atom is -0.308 e. The highest BCUT2D eigenvalue weighted by molar-refractivity contribution is 7.13. The van der Waals surface area contributed by atoms with Crippen molar-refractivity contribution in [3.8, 4) is 10.7 Å². The van der Waals surface area contributed by atoms with Gasteiger partial charge in [0.1, 0.15) is 5.01 Å². The zero-order chi connectivity index (χ0) is 14.5. The van der Waals surface area contributed by atoms with Crippen LogP contribution in [0.3, 0.4) is 0 Å². The van der Waals surface area contributed by atoms with Gasteiger partial charge in [0.05, 0.1) is 11.4 Å². The molecule has 2 heterocycles. The average molecular weight is 301 g/mol. The molecule has 1 saturated carbocycles. The van der Waals surface area contributed by atoms with Crippen molar-refractivity contribution in [1.29, 1.82) is 0 Å². The van der Waals surface area contributed by atoms with Crippen molar-refractivity contribution in [1.82, 2.24) is 15.3 Å². The van der Waals surface area contributed by atoms with Crippen LogP contribution in [0.1, 0.15) is 44.7 Å². The van der Waals surface area contributed by atoms with Crippen LogP contribution in [0.15, 0.2) is 29.8 Å². The van der Waals surface area contributed by atoms with Gasteiger partial charge < -0.3 is 5.32 Å². The van der Waals surface area contributed by atoms with E-state index in [9.17, 15) is 0 Å². The van der Waals surface area contributed by atoms with E-state index in [1.165, 1.54) is 32.1 Å². The Morgan fingerprint density at radius 1 is 1.29 bits per heavy atom. The van der Waals surface area contributed by atoms with Crippen LogP contribution in [0.2, 0.25) is 0 Å². The van der Waals surface area contributed by atoms with E-state index >= 15 is 0 Å². The maximum absolute atomic E-state index is 4.69. The predicted octanol–water partition coefficient (Wildman–Crippen LogP) is 4.26. The molecule has 3 rings (SSSR count). The molecule has 0 saturated heterocycles. The number of pyridine rings is 1. The number of thiazole rings is 1. The summed E-state index contributed by atoms with van der Waals surface area (Å²) in [5.41, 5.74) is 2.09. The highest BCUT2D eigenvalue weighted by atomic mass is 32.1. The lowest BCUT2D eigenvalue weighted by Crippen LogP contribution is -2.34. The van der Waals surface area contributed by atoms with Crippen molar-refractivity contribution in [2.75, 3.05) is 0 Å². The maximum atomic E-state index is 4.69. The van der Waals surface area contributed by atoms with E-state index < -0.39 is 0 Å². The lowest BCUT2D eigenvalue weighted by molar-refractivity contribution is 0.280. The lowest BCUT2D eigenvalue weighted by atomic mass is 9.84. The van der Waals surface area contributed by atoms with E-state index in [1.807, 2.05) is 24.4 Å². The molecular formula is C17H23N3S. The first-order valence-electron chi connectivity index (χ1n) is 7.92. The minimum absolute atomic E-state index is 0.588. The molecule has 0 unspecified atom stereocenters.